The van der Waals surface area contributed by atoms with E-state index in [2.05, 4.69) is 4.74 Å². The molecule has 0 atom stereocenters. The third-order valence-corrected chi connectivity index (χ3v) is 2.89. The van der Waals surface area contributed by atoms with Crippen molar-refractivity contribution in [2.45, 2.75) is 6.92 Å². The largest absolute Gasteiger partial charge is 0.545 e. The lowest BCUT2D eigenvalue weighted by Gasteiger charge is -2.13. The molecule has 0 heterocycles. The minimum Gasteiger partial charge on any atom is -0.545 e. The first kappa shape index (κ1) is 12.1. The van der Waals surface area contributed by atoms with Gasteiger partial charge in [-0.1, -0.05) is 30.3 Å². The molecular weight excluding hydrogens is 232 g/mol. The molecule has 0 amide bonds. The second kappa shape index (κ2) is 4.49. The molecule has 0 aromatic heterocycles. The monoisotopic (exact) mass is 243 g/mol. The summed E-state index contributed by atoms with van der Waals surface area (Å²) in [4.78, 5) is 22.8. The van der Waals surface area contributed by atoms with Gasteiger partial charge >= 0.3 is 5.97 Å². The number of carboxylic acids is 1. The topological polar surface area (TPSA) is 66.4 Å². The summed E-state index contributed by atoms with van der Waals surface area (Å²) in [5.74, 6) is -2.07. The highest BCUT2D eigenvalue weighted by Gasteiger charge is 2.17. The molecule has 0 unspecified atom stereocenters. The summed E-state index contributed by atoms with van der Waals surface area (Å²) in [6, 6.07) is 8.39. The van der Waals surface area contributed by atoms with Gasteiger partial charge in [0.25, 0.3) is 0 Å². The number of hydrogen-bond acceptors (Lipinski definition) is 4. The zero-order valence-electron chi connectivity index (χ0n) is 10.0. The van der Waals surface area contributed by atoms with Crippen LogP contribution in [-0.2, 0) is 4.74 Å². The van der Waals surface area contributed by atoms with Crippen molar-refractivity contribution < 1.29 is 19.4 Å². The summed E-state index contributed by atoms with van der Waals surface area (Å²) in [5.41, 5.74) is 0.848. The lowest BCUT2D eigenvalue weighted by Crippen LogP contribution is -2.25. The first-order valence-electron chi connectivity index (χ1n) is 5.38. The molecule has 0 saturated heterocycles. The molecule has 0 spiro atoms. The Morgan fingerprint density at radius 1 is 1.11 bits per heavy atom. The lowest BCUT2D eigenvalue weighted by atomic mass is 9.96. The first-order valence-corrected chi connectivity index (χ1v) is 5.38. The number of ether oxygens (including phenoxy) is 1. The highest BCUT2D eigenvalue weighted by atomic mass is 16.5. The Balaban J connectivity index is 2.90. The number of methoxy groups -OCH3 is 1. The number of rotatable bonds is 2. The number of carboxylic acid groups (broad SMARTS) is 1. The smallest absolute Gasteiger partial charge is 0.339 e. The van der Waals surface area contributed by atoms with Gasteiger partial charge < -0.3 is 14.6 Å². The average Bonchev–Trinajstić information content (AvgIpc) is 2.36. The van der Waals surface area contributed by atoms with Crippen molar-refractivity contribution >= 4 is 22.7 Å². The van der Waals surface area contributed by atoms with E-state index >= 15 is 0 Å². The van der Waals surface area contributed by atoms with Crippen molar-refractivity contribution in [3.05, 3.63) is 47.0 Å². The Hall–Kier alpha value is -2.36. The van der Waals surface area contributed by atoms with E-state index in [1.54, 1.807) is 18.2 Å². The number of carbonyl (C=O) groups is 2. The molecule has 0 N–H and O–H groups in total. The summed E-state index contributed by atoms with van der Waals surface area (Å²) < 4.78 is 4.65. The first-order chi connectivity index (χ1) is 8.56. The predicted molar refractivity (Wildman–Crippen MR) is 64.4 cm³/mol. The second-order valence-electron chi connectivity index (χ2n) is 3.94. The van der Waals surface area contributed by atoms with Crippen molar-refractivity contribution in [1.82, 2.24) is 0 Å². The molecule has 0 radical (unpaired) electrons. The molecule has 4 heteroatoms. The van der Waals surface area contributed by atoms with Gasteiger partial charge in [0, 0.05) is 5.56 Å². The lowest BCUT2D eigenvalue weighted by molar-refractivity contribution is -0.255. The van der Waals surface area contributed by atoms with E-state index in [0.29, 0.717) is 5.39 Å². The zero-order valence-corrected chi connectivity index (χ0v) is 10.0. The molecule has 4 nitrogen and oxygen atoms in total. The van der Waals surface area contributed by atoms with Crippen molar-refractivity contribution in [1.29, 1.82) is 0 Å². The van der Waals surface area contributed by atoms with Crippen molar-refractivity contribution in [2.24, 2.45) is 0 Å². The van der Waals surface area contributed by atoms with E-state index in [1.165, 1.54) is 13.2 Å². The molecule has 0 fully saturated rings. The SMILES string of the molecule is COC(=O)c1c(C(=O)[O-])ccc2c(C)cccc12. The summed E-state index contributed by atoms with van der Waals surface area (Å²) in [5, 5.41) is 12.4. The molecule has 0 saturated carbocycles. The van der Waals surface area contributed by atoms with Crippen LogP contribution < -0.4 is 5.11 Å². The van der Waals surface area contributed by atoms with Crippen LogP contribution in [0.4, 0.5) is 0 Å². The molecule has 2 rings (SSSR count). The number of hydrogen-bond donors (Lipinski definition) is 0. The van der Waals surface area contributed by atoms with Gasteiger partial charge in [-0.3, -0.25) is 0 Å². The van der Waals surface area contributed by atoms with Gasteiger partial charge in [-0.15, -0.1) is 0 Å². The standard InChI is InChI=1S/C14H12O4/c1-8-4-3-5-10-9(8)6-7-11(13(15)16)12(10)14(17)18-2/h3-7H,1-2H3,(H,15,16)/p-1. The Morgan fingerprint density at radius 3 is 2.44 bits per heavy atom. The van der Waals surface area contributed by atoms with Crippen molar-refractivity contribution in [3.8, 4) is 0 Å². The van der Waals surface area contributed by atoms with Crippen LogP contribution in [0.3, 0.4) is 0 Å². The molecule has 92 valence electrons. The number of carbonyl (C=O) groups excluding carboxylic acids is 2. The van der Waals surface area contributed by atoms with E-state index in [0.717, 1.165) is 10.9 Å². The maximum absolute atomic E-state index is 11.8. The Bertz CT molecular complexity index is 644. The Kier molecular flexibility index (Phi) is 3.02. The molecule has 0 aliphatic rings. The average molecular weight is 243 g/mol. The Labute approximate surface area is 104 Å². The fourth-order valence-electron chi connectivity index (χ4n) is 2.01. The molecular formula is C14H11O4-. The number of aryl methyl sites for hydroxylation is 1. The molecule has 2 aromatic carbocycles. The van der Waals surface area contributed by atoms with E-state index in [-0.39, 0.29) is 11.1 Å². The maximum atomic E-state index is 11.8. The van der Waals surface area contributed by atoms with Gasteiger partial charge in [-0.2, -0.15) is 0 Å². The number of benzene rings is 2. The molecule has 0 aliphatic heterocycles. The van der Waals surface area contributed by atoms with Gasteiger partial charge in [-0.05, 0) is 23.3 Å². The summed E-state index contributed by atoms with van der Waals surface area (Å²) in [7, 11) is 1.22. The zero-order chi connectivity index (χ0) is 13.3. The fraction of sp³-hybridized carbons (Fsp3) is 0.143. The van der Waals surface area contributed by atoms with Crippen molar-refractivity contribution in [2.75, 3.05) is 7.11 Å². The van der Waals surface area contributed by atoms with Crippen molar-refractivity contribution in [3.63, 3.8) is 0 Å². The summed E-state index contributed by atoms with van der Waals surface area (Å²) in [6.07, 6.45) is 0. The second-order valence-corrected chi connectivity index (χ2v) is 3.94. The van der Waals surface area contributed by atoms with Gasteiger partial charge in [0.15, 0.2) is 0 Å². The molecule has 0 bridgehead atoms. The number of fused-ring (bicyclic) bond motifs is 1. The molecule has 2 aromatic rings. The van der Waals surface area contributed by atoms with Crippen LogP contribution in [0.1, 0.15) is 26.3 Å². The normalized spacial score (nSPS) is 10.3. The Morgan fingerprint density at radius 2 is 1.83 bits per heavy atom. The van der Waals surface area contributed by atoms with Crippen LogP contribution in [0.15, 0.2) is 30.3 Å². The molecule has 18 heavy (non-hydrogen) atoms. The van der Waals surface area contributed by atoms with Crippen LogP contribution in [-0.4, -0.2) is 19.0 Å². The summed E-state index contributed by atoms with van der Waals surface area (Å²) >= 11 is 0. The minimum absolute atomic E-state index is 0.0405. The van der Waals surface area contributed by atoms with Crippen LogP contribution >= 0.6 is 0 Å². The van der Waals surface area contributed by atoms with E-state index < -0.39 is 11.9 Å². The van der Waals surface area contributed by atoms with Gasteiger partial charge in [0.2, 0.25) is 0 Å². The predicted octanol–water partition coefficient (Wildman–Crippen LogP) is 1.30. The number of aromatic carboxylic acids is 1. The van der Waals surface area contributed by atoms with Crippen LogP contribution in [0.2, 0.25) is 0 Å². The van der Waals surface area contributed by atoms with Gasteiger partial charge in [0.1, 0.15) is 0 Å². The number of esters is 1. The van der Waals surface area contributed by atoms with Crippen LogP contribution in [0.5, 0.6) is 0 Å². The fourth-order valence-corrected chi connectivity index (χ4v) is 2.01. The quantitative estimate of drug-likeness (QED) is 0.745. The van der Waals surface area contributed by atoms with E-state index in [9.17, 15) is 14.7 Å². The van der Waals surface area contributed by atoms with E-state index in [4.69, 9.17) is 0 Å². The third kappa shape index (κ3) is 1.82. The highest BCUT2D eigenvalue weighted by molar-refractivity contribution is 6.12. The minimum atomic E-state index is -1.39. The summed E-state index contributed by atoms with van der Waals surface area (Å²) in [6.45, 7) is 1.89. The van der Waals surface area contributed by atoms with Crippen LogP contribution in [0, 0.1) is 6.92 Å². The maximum Gasteiger partial charge on any atom is 0.339 e. The highest BCUT2D eigenvalue weighted by Crippen LogP contribution is 2.25. The van der Waals surface area contributed by atoms with Crippen LogP contribution in [0.25, 0.3) is 10.8 Å². The van der Waals surface area contributed by atoms with Gasteiger partial charge in [-0.25, -0.2) is 4.79 Å². The molecule has 0 aliphatic carbocycles. The van der Waals surface area contributed by atoms with Gasteiger partial charge in [0.05, 0.1) is 18.6 Å². The third-order valence-electron chi connectivity index (χ3n) is 2.89. The van der Waals surface area contributed by atoms with E-state index in [1.807, 2.05) is 13.0 Å².